The van der Waals surface area contributed by atoms with E-state index in [1.165, 1.54) is 0 Å². The van der Waals surface area contributed by atoms with Crippen molar-refractivity contribution in [2.45, 2.75) is 37.0 Å². The second-order valence-corrected chi connectivity index (χ2v) is 10.6. The number of ketones is 1. The van der Waals surface area contributed by atoms with E-state index in [0.717, 1.165) is 47.5 Å². The molecule has 0 aromatic heterocycles. The third-order valence-electron chi connectivity index (χ3n) is 7.31. The smallest absolute Gasteiger partial charge is 0.397 e. The van der Waals surface area contributed by atoms with Gasteiger partial charge in [0.2, 0.25) is 0 Å². The zero-order chi connectivity index (χ0) is 33.6. The topological polar surface area (TPSA) is 134 Å². The lowest BCUT2D eigenvalue weighted by Crippen LogP contribution is -2.38. The summed E-state index contributed by atoms with van der Waals surface area (Å²) >= 11 is 0. The summed E-state index contributed by atoms with van der Waals surface area (Å²) in [5.74, 6) is -8.39. The largest absolute Gasteiger partial charge is 0.402 e. The van der Waals surface area contributed by atoms with Crippen LogP contribution in [0.2, 0.25) is 0 Å². The number of carbonyl (C=O) groups excluding carboxylic acids is 1. The van der Waals surface area contributed by atoms with Gasteiger partial charge in [-0.1, -0.05) is 36.4 Å². The molecule has 0 amide bonds. The Hall–Kier alpha value is -4.75. The Morgan fingerprint density at radius 2 is 0.957 bits per heavy atom. The predicted molar refractivity (Wildman–Crippen MR) is 165 cm³/mol. The summed E-state index contributed by atoms with van der Waals surface area (Å²) in [6, 6.07) is 19.4. The molecule has 0 saturated carbocycles. The van der Waals surface area contributed by atoms with Crippen molar-refractivity contribution in [2.75, 3.05) is 35.3 Å². The van der Waals surface area contributed by atoms with Gasteiger partial charge >= 0.3 is 12.4 Å². The molecule has 8 N–H and O–H groups in total. The molecular formula is C33H32F6N4O3. The number of anilines is 6. The minimum Gasteiger partial charge on any atom is -0.397 e. The monoisotopic (exact) mass is 646 g/mol. The van der Waals surface area contributed by atoms with Crippen molar-refractivity contribution in [1.82, 2.24) is 0 Å². The van der Waals surface area contributed by atoms with Gasteiger partial charge in [-0.05, 0) is 83.6 Å². The molecule has 2 atom stereocenters. The lowest BCUT2D eigenvalue weighted by atomic mass is 9.82. The van der Waals surface area contributed by atoms with Crippen molar-refractivity contribution >= 4 is 39.9 Å². The molecule has 46 heavy (non-hydrogen) atoms. The van der Waals surface area contributed by atoms with E-state index >= 15 is 0 Å². The first kappa shape index (κ1) is 34.1. The summed E-state index contributed by atoms with van der Waals surface area (Å²) in [7, 11) is 0. The van der Waals surface area contributed by atoms with Gasteiger partial charge in [-0.15, -0.1) is 0 Å². The lowest BCUT2D eigenvalue weighted by molar-refractivity contribution is -0.183. The number of aliphatic hydroxyl groups excluding tert-OH is 2. The van der Waals surface area contributed by atoms with Crippen LogP contribution in [0.3, 0.4) is 0 Å². The maximum absolute atomic E-state index is 14.4. The van der Waals surface area contributed by atoms with E-state index in [4.69, 9.17) is 21.7 Å². The minimum atomic E-state index is -5.38. The number of nitrogen functional groups attached to an aromatic ring is 2. The number of alkyl halides is 6. The molecule has 0 bridgehead atoms. The van der Waals surface area contributed by atoms with E-state index in [1.54, 1.807) is 48.5 Å². The summed E-state index contributed by atoms with van der Waals surface area (Å²) in [5, 5.41) is 23.9. The van der Waals surface area contributed by atoms with Crippen molar-refractivity contribution in [1.29, 1.82) is 0 Å². The highest BCUT2D eigenvalue weighted by Crippen LogP contribution is 2.46. The van der Waals surface area contributed by atoms with Crippen molar-refractivity contribution in [2.24, 2.45) is 0 Å². The summed E-state index contributed by atoms with van der Waals surface area (Å²) in [5.41, 5.74) is 13.2. The fourth-order valence-electron chi connectivity index (χ4n) is 5.02. The number of carbonyl (C=O) groups is 1. The molecule has 13 heteroatoms. The van der Waals surface area contributed by atoms with Crippen LogP contribution < -0.4 is 22.1 Å². The maximum atomic E-state index is 14.4. The summed E-state index contributed by atoms with van der Waals surface area (Å²) < 4.78 is 86.1. The molecule has 0 aliphatic rings. The number of halogens is 6. The molecule has 2 unspecified atom stereocenters. The molecule has 4 aromatic rings. The maximum Gasteiger partial charge on any atom is 0.402 e. The molecule has 4 rings (SSSR count). The summed E-state index contributed by atoms with van der Waals surface area (Å²) in [4.78, 5) is 13.3. The highest BCUT2D eigenvalue weighted by atomic mass is 19.4. The van der Waals surface area contributed by atoms with E-state index in [1.807, 2.05) is 0 Å². The van der Waals surface area contributed by atoms with Gasteiger partial charge in [-0.2, -0.15) is 26.3 Å². The molecular weight excluding hydrogens is 614 g/mol. The standard InChI is InChI=1S/C33H32F6N4O3/c34-32(35,36)29(21-5-11-27(25(40)17-21)42-23-7-1-19(2-8-23)13-15-44)31(46)30(33(37,38)39)22-6-12-28(26(41)18-22)43-24-9-3-20(4-10-24)14-16-45/h1-12,17-18,29-30,42-45H,13-16,40-41H2. The van der Waals surface area contributed by atoms with Crippen LogP contribution in [0.4, 0.5) is 60.5 Å². The van der Waals surface area contributed by atoms with Gasteiger partial charge in [0, 0.05) is 24.6 Å². The number of nitrogens with one attached hydrogen (secondary N) is 2. The fourth-order valence-corrected chi connectivity index (χ4v) is 5.02. The first-order valence-corrected chi connectivity index (χ1v) is 14.1. The summed E-state index contributed by atoms with van der Waals surface area (Å²) in [6.45, 7) is -0.0961. The van der Waals surface area contributed by atoms with Crippen LogP contribution >= 0.6 is 0 Å². The van der Waals surface area contributed by atoms with Crippen LogP contribution in [0.1, 0.15) is 34.1 Å². The van der Waals surface area contributed by atoms with E-state index in [2.05, 4.69) is 10.6 Å². The number of rotatable bonds is 12. The second-order valence-electron chi connectivity index (χ2n) is 10.6. The predicted octanol–water partition coefficient (Wildman–Crippen LogP) is 6.97. The molecule has 0 saturated heterocycles. The molecule has 0 heterocycles. The van der Waals surface area contributed by atoms with Gasteiger partial charge in [0.25, 0.3) is 0 Å². The van der Waals surface area contributed by atoms with Crippen LogP contribution in [-0.4, -0.2) is 41.6 Å². The Balaban J connectivity index is 1.62. The van der Waals surface area contributed by atoms with Crippen LogP contribution in [0.15, 0.2) is 84.9 Å². The highest BCUT2D eigenvalue weighted by molar-refractivity contribution is 5.94. The molecule has 0 radical (unpaired) electrons. The van der Waals surface area contributed by atoms with Gasteiger partial charge in [-0.25, -0.2) is 0 Å². The van der Waals surface area contributed by atoms with Crippen molar-refractivity contribution in [3.8, 4) is 0 Å². The average molecular weight is 647 g/mol. The Bertz CT molecular complexity index is 1520. The quantitative estimate of drug-likeness (QED) is 0.0724. The summed E-state index contributed by atoms with van der Waals surface area (Å²) in [6.07, 6.45) is -9.89. The number of hydrogen-bond donors (Lipinski definition) is 6. The molecule has 0 aliphatic carbocycles. The highest BCUT2D eigenvalue weighted by Gasteiger charge is 2.55. The Kier molecular flexibility index (Phi) is 10.5. The Morgan fingerprint density at radius 1 is 0.609 bits per heavy atom. The van der Waals surface area contributed by atoms with E-state index in [0.29, 0.717) is 24.2 Å². The number of nitrogens with two attached hydrogens (primary N) is 2. The number of Topliss-reactive ketones (excluding diaryl/α,β-unsaturated/α-hetero) is 1. The van der Waals surface area contributed by atoms with Gasteiger partial charge in [0.15, 0.2) is 5.78 Å². The van der Waals surface area contributed by atoms with Gasteiger partial charge < -0.3 is 32.3 Å². The second kappa shape index (κ2) is 14.1. The third kappa shape index (κ3) is 8.29. The van der Waals surface area contributed by atoms with Crippen molar-refractivity contribution in [3.05, 3.63) is 107 Å². The van der Waals surface area contributed by atoms with Gasteiger partial charge in [0.05, 0.1) is 22.7 Å². The van der Waals surface area contributed by atoms with Crippen LogP contribution in [0, 0.1) is 0 Å². The van der Waals surface area contributed by atoms with E-state index in [9.17, 15) is 31.1 Å². The third-order valence-corrected chi connectivity index (χ3v) is 7.31. The van der Waals surface area contributed by atoms with Crippen LogP contribution in [0.25, 0.3) is 0 Å². The molecule has 0 aliphatic heterocycles. The Morgan fingerprint density at radius 3 is 1.24 bits per heavy atom. The normalized spacial score (nSPS) is 13.2. The number of benzene rings is 4. The molecule has 0 fully saturated rings. The number of hydrogen-bond acceptors (Lipinski definition) is 7. The average Bonchev–Trinajstić information content (AvgIpc) is 2.97. The molecule has 0 spiro atoms. The fraction of sp³-hybridized carbons (Fsp3) is 0.242. The van der Waals surface area contributed by atoms with Gasteiger partial charge in [0.1, 0.15) is 11.8 Å². The minimum absolute atomic E-state index is 0.0481. The first-order chi connectivity index (χ1) is 21.7. The SMILES string of the molecule is Nc1cc(C(C(=O)C(c2ccc(Nc3ccc(CCO)cc3)c(N)c2)C(F)(F)F)C(F)(F)F)ccc1Nc1ccc(CCO)cc1. The van der Waals surface area contributed by atoms with Crippen molar-refractivity contribution in [3.63, 3.8) is 0 Å². The van der Waals surface area contributed by atoms with Crippen LogP contribution in [0.5, 0.6) is 0 Å². The number of aliphatic hydroxyl groups is 2. The van der Waals surface area contributed by atoms with Crippen LogP contribution in [-0.2, 0) is 17.6 Å². The molecule has 244 valence electrons. The first-order valence-electron chi connectivity index (χ1n) is 14.1. The molecule has 4 aromatic carbocycles. The Labute approximate surface area is 260 Å². The zero-order valence-corrected chi connectivity index (χ0v) is 24.3. The van der Waals surface area contributed by atoms with E-state index < -0.39 is 41.1 Å². The lowest BCUT2D eigenvalue weighted by Gasteiger charge is -2.27. The zero-order valence-electron chi connectivity index (χ0n) is 24.3. The molecule has 7 nitrogen and oxygen atoms in total. The van der Waals surface area contributed by atoms with Crippen molar-refractivity contribution < 1.29 is 41.4 Å². The van der Waals surface area contributed by atoms with E-state index in [-0.39, 0.29) is 36.0 Å². The van der Waals surface area contributed by atoms with Gasteiger partial charge in [-0.3, -0.25) is 4.79 Å².